The van der Waals surface area contributed by atoms with Crippen LogP contribution in [0.3, 0.4) is 0 Å². The van der Waals surface area contributed by atoms with Crippen molar-refractivity contribution in [2.45, 2.75) is 13.0 Å². The van der Waals surface area contributed by atoms with Gasteiger partial charge in [0.15, 0.2) is 5.11 Å². The van der Waals surface area contributed by atoms with E-state index in [9.17, 15) is 4.79 Å². The third kappa shape index (κ3) is 4.46. The molecule has 4 rings (SSSR count). The van der Waals surface area contributed by atoms with E-state index in [0.29, 0.717) is 43.5 Å². The summed E-state index contributed by atoms with van der Waals surface area (Å²) in [5.41, 5.74) is 2.46. The van der Waals surface area contributed by atoms with Crippen LogP contribution in [0.4, 0.5) is 0 Å². The van der Waals surface area contributed by atoms with Gasteiger partial charge in [-0.1, -0.05) is 53.5 Å². The fraction of sp³-hybridized carbons (Fsp3) is 0.130. The van der Waals surface area contributed by atoms with Crippen LogP contribution in [-0.2, 0) is 9.53 Å². The Hall–Kier alpha value is -2.80. The predicted octanol–water partition coefficient (Wildman–Crippen LogP) is 5.75. The Labute approximate surface area is 195 Å². The van der Waals surface area contributed by atoms with E-state index in [1.54, 1.807) is 37.3 Å². The molecule has 0 fully saturated rings. The Morgan fingerprint density at radius 3 is 2.61 bits per heavy atom. The van der Waals surface area contributed by atoms with Crippen LogP contribution >= 0.6 is 35.4 Å². The van der Waals surface area contributed by atoms with Crippen LogP contribution < -0.4 is 10.6 Å². The maximum Gasteiger partial charge on any atom is 0.338 e. The zero-order valence-electron chi connectivity index (χ0n) is 16.4. The Kier molecular flexibility index (Phi) is 6.32. The van der Waals surface area contributed by atoms with Gasteiger partial charge in [-0.3, -0.25) is 0 Å². The second kappa shape index (κ2) is 9.14. The molecule has 0 unspecified atom stereocenters. The molecule has 2 aromatic carbocycles. The summed E-state index contributed by atoms with van der Waals surface area (Å²) in [7, 11) is 0. The van der Waals surface area contributed by atoms with E-state index < -0.39 is 12.0 Å². The van der Waals surface area contributed by atoms with Crippen LogP contribution in [-0.4, -0.2) is 17.7 Å². The van der Waals surface area contributed by atoms with E-state index in [1.807, 2.05) is 30.3 Å². The van der Waals surface area contributed by atoms with Crippen molar-refractivity contribution in [3.63, 3.8) is 0 Å². The number of hydrogen-bond acceptors (Lipinski definition) is 4. The zero-order valence-corrected chi connectivity index (χ0v) is 18.8. The lowest BCUT2D eigenvalue weighted by Gasteiger charge is -2.29. The number of esters is 1. The number of thiocarbonyl (C=S) groups is 1. The Morgan fingerprint density at radius 1 is 1.13 bits per heavy atom. The number of hydrogen-bond donors (Lipinski definition) is 2. The molecule has 0 amide bonds. The smallest absolute Gasteiger partial charge is 0.338 e. The summed E-state index contributed by atoms with van der Waals surface area (Å²) in [6, 6.07) is 17.6. The van der Waals surface area contributed by atoms with Crippen molar-refractivity contribution in [2.75, 3.05) is 6.61 Å². The first-order valence-corrected chi connectivity index (χ1v) is 10.7. The molecule has 8 heteroatoms. The van der Waals surface area contributed by atoms with Crippen molar-refractivity contribution in [2.24, 2.45) is 0 Å². The number of rotatable bonds is 5. The molecule has 1 aromatic heterocycles. The van der Waals surface area contributed by atoms with E-state index in [-0.39, 0.29) is 6.61 Å². The first-order chi connectivity index (χ1) is 15.0. The summed E-state index contributed by atoms with van der Waals surface area (Å²) in [5.74, 6) is 0.588. The van der Waals surface area contributed by atoms with Gasteiger partial charge in [-0.05, 0) is 55.0 Å². The van der Waals surface area contributed by atoms with Crippen LogP contribution in [0.25, 0.3) is 17.0 Å². The minimum Gasteiger partial charge on any atom is -0.463 e. The van der Waals surface area contributed by atoms with Gasteiger partial charge in [-0.25, -0.2) is 4.79 Å². The molecule has 0 radical (unpaired) electrons. The molecule has 31 heavy (non-hydrogen) atoms. The fourth-order valence-electron chi connectivity index (χ4n) is 3.38. The molecule has 2 heterocycles. The van der Waals surface area contributed by atoms with Gasteiger partial charge >= 0.3 is 5.97 Å². The quantitative estimate of drug-likeness (QED) is 0.364. The van der Waals surface area contributed by atoms with Crippen molar-refractivity contribution in [1.29, 1.82) is 0 Å². The number of halogens is 2. The lowest BCUT2D eigenvalue weighted by Crippen LogP contribution is -2.45. The normalized spacial score (nSPS) is 16.0. The molecule has 0 saturated carbocycles. The number of ether oxygens (including phenoxy) is 1. The van der Waals surface area contributed by atoms with Crippen LogP contribution in [0.5, 0.6) is 0 Å². The third-order valence-electron chi connectivity index (χ3n) is 4.74. The lowest BCUT2D eigenvalue weighted by atomic mass is 9.96. The molecule has 2 N–H and O–H groups in total. The minimum absolute atomic E-state index is 0.241. The maximum absolute atomic E-state index is 13.0. The fourth-order valence-corrected chi connectivity index (χ4v) is 4.10. The highest BCUT2D eigenvalue weighted by Gasteiger charge is 2.35. The predicted molar refractivity (Wildman–Crippen MR) is 126 cm³/mol. The highest BCUT2D eigenvalue weighted by atomic mass is 35.5. The van der Waals surface area contributed by atoms with Gasteiger partial charge < -0.3 is 19.8 Å². The Bertz CT molecular complexity index is 1170. The molecule has 0 spiro atoms. The van der Waals surface area contributed by atoms with Crippen LogP contribution in [0.2, 0.25) is 10.0 Å². The molecule has 158 valence electrons. The highest BCUT2D eigenvalue weighted by Crippen LogP contribution is 2.37. The molecule has 0 saturated heterocycles. The second-order valence-electron chi connectivity index (χ2n) is 6.73. The molecule has 1 atom stereocenters. The zero-order chi connectivity index (χ0) is 22.0. The molecular formula is C23H18Cl2N2O3S. The summed E-state index contributed by atoms with van der Waals surface area (Å²) in [6.07, 6.45) is 0. The molecule has 0 aliphatic carbocycles. The molecule has 3 aromatic rings. The first-order valence-electron chi connectivity index (χ1n) is 9.57. The average Bonchev–Trinajstić information content (AvgIpc) is 3.23. The van der Waals surface area contributed by atoms with Crippen LogP contribution in [0.1, 0.15) is 24.3 Å². The van der Waals surface area contributed by atoms with Crippen molar-refractivity contribution in [1.82, 2.24) is 10.6 Å². The van der Waals surface area contributed by atoms with Gasteiger partial charge in [0.05, 0.1) is 22.9 Å². The molecule has 1 aliphatic heterocycles. The van der Waals surface area contributed by atoms with E-state index in [4.69, 9.17) is 44.6 Å². The molecule has 1 aliphatic rings. The average molecular weight is 473 g/mol. The van der Waals surface area contributed by atoms with Crippen LogP contribution in [0, 0.1) is 0 Å². The van der Waals surface area contributed by atoms with E-state index in [1.165, 1.54) is 0 Å². The van der Waals surface area contributed by atoms with E-state index in [2.05, 4.69) is 10.6 Å². The summed E-state index contributed by atoms with van der Waals surface area (Å²) in [6.45, 7) is 2.00. The van der Waals surface area contributed by atoms with Gasteiger partial charge in [-0.2, -0.15) is 0 Å². The number of furan rings is 1. The monoisotopic (exact) mass is 472 g/mol. The Balaban J connectivity index is 1.81. The topological polar surface area (TPSA) is 63.5 Å². The summed E-state index contributed by atoms with van der Waals surface area (Å²) < 4.78 is 11.4. The molecule has 0 bridgehead atoms. The molecular weight excluding hydrogens is 455 g/mol. The SMILES string of the molecule is CCOC(=O)C1=C(c2ccccc2)NC(=S)N[C@H]1c1ccc(-c2ccc(Cl)cc2Cl)o1. The number of carbonyl (C=O) groups is 1. The third-order valence-corrected chi connectivity index (χ3v) is 5.51. The minimum atomic E-state index is -0.636. The summed E-state index contributed by atoms with van der Waals surface area (Å²) in [5, 5.41) is 7.60. The number of benzene rings is 2. The number of carbonyl (C=O) groups excluding carboxylic acids is 1. The van der Waals surface area contributed by atoms with Crippen molar-refractivity contribution in [3.8, 4) is 11.3 Å². The van der Waals surface area contributed by atoms with E-state index >= 15 is 0 Å². The largest absolute Gasteiger partial charge is 0.463 e. The highest BCUT2D eigenvalue weighted by molar-refractivity contribution is 7.80. The van der Waals surface area contributed by atoms with E-state index in [0.717, 1.165) is 5.56 Å². The summed E-state index contributed by atoms with van der Waals surface area (Å²) in [4.78, 5) is 13.0. The first kappa shape index (κ1) is 21.4. The van der Waals surface area contributed by atoms with Crippen molar-refractivity contribution in [3.05, 3.63) is 87.6 Å². The maximum atomic E-state index is 13.0. The lowest BCUT2D eigenvalue weighted by molar-refractivity contribution is -0.138. The van der Waals surface area contributed by atoms with Crippen LogP contribution in [0.15, 0.2) is 70.7 Å². The van der Waals surface area contributed by atoms with Gasteiger partial charge in [0.2, 0.25) is 0 Å². The summed E-state index contributed by atoms with van der Waals surface area (Å²) >= 11 is 17.7. The number of nitrogens with one attached hydrogen (secondary N) is 2. The van der Waals surface area contributed by atoms with Gasteiger partial charge in [0.25, 0.3) is 0 Å². The second-order valence-corrected chi connectivity index (χ2v) is 7.98. The molecule has 5 nitrogen and oxygen atoms in total. The van der Waals surface area contributed by atoms with Crippen molar-refractivity contribution < 1.29 is 13.9 Å². The van der Waals surface area contributed by atoms with Gasteiger partial charge in [0, 0.05) is 10.6 Å². The van der Waals surface area contributed by atoms with Gasteiger partial charge in [-0.15, -0.1) is 0 Å². The van der Waals surface area contributed by atoms with Crippen molar-refractivity contribution >= 4 is 52.2 Å². The van der Waals surface area contributed by atoms with Gasteiger partial charge in [0.1, 0.15) is 17.6 Å². The standard InChI is InChI=1S/C23H18Cl2N2O3S/c1-2-29-22(28)19-20(13-6-4-3-5-7-13)26-23(31)27-21(19)18-11-10-17(30-18)15-9-8-14(24)12-16(15)25/h3-12,21H,2H2,1H3,(H2,26,27,31)/t21-/m0/s1. The Morgan fingerprint density at radius 2 is 1.90 bits per heavy atom.